The molecule has 0 bridgehead atoms. The number of nitrogens with zero attached hydrogens (tertiary/aromatic N) is 1. The largest absolute Gasteiger partial charge is 0.330 e. The van der Waals surface area contributed by atoms with Gasteiger partial charge in [0.15, 0.2) is 0 Å². The van der Waals surface area contributed by atoms with Crippen LogP contribution in [0.1, 0.15) is 26.6 Å². The van der Waals surface area contributed by atoms with E-state index in [4.69, 9.17) is 10.7 Å². The van der Waals surface area contributed by atoms with E-state index in [2.05, 4.69) is 39.8 Å². The Hall–Kier alpha value is -1.19. The second-order valence-electron chi connectivity index (χ2n) is 4.82. The van der Waals surface area contributed by atoms with Gasteiger partial charge in [-0.2, -0.15) is 0 Å². The van der Waals surface area contributed by atoms with Gasteiger partial charge in [-0.25, -0.2) is 4.98 Å². The average molecular weight is 260 g/mol. The molecule has 0 spiro atoms. The van der Waals surface area contributed by atoms with Crippen LogP contribution in [0.25, 0.3) is 11.3 Å². The summed E-state index contributed by atoms with van der Waals surface area (Å²) < 4.78 is 0. The number of thiazole rings is 1. The number of nitrogens with two attached hydrogens (primary N) is 1. The lowest BCUT2D eigenvalue weighted by atomic mass is 9.96. The lowest BCUT2D eigenvalue weighted by Crippen LogP contribution is -2.03. The molecule has 0 radical (unpaired) electrons. The first-order valence-corrected chi connectivity index (χ1v) is 7.09. The van der Waals surface area contributed by atoms with E-state index in [1.807, 2.05) is 0 Å². The van der Waals surface area contributed by atoms with Crippen molar-refractivity contribution in [1.82, 2.24) is 4.98 Å². The van der Waals surface area contributed by atoms with Crippen LogP contribution in [0, 0.1) is 27.7 Å². The lowest BCUT2D eigenvalue weighted by molar-refractivity contribution is 0.985. The first kappa shape index (κ1) is 13.2. The second-order valence-corrected chi connectivity index (χ2v) is 6.10. The third-order valence-corrected chi connectivity index (χ3v) is 4.12. The first-order valence-electron chi connectivity index (χ1n) is 6.27. The van der Waals surface area contributed by atoms with Crippen molar-refractivity contribution in [2.24, 2.45) is 5.73 Å². The molecule has 0 fully saturated rings. The highest BCUT2D eigenvalue weighted by molar-refractivity contribution is 7.12. The summed E-state index contributed by atoms with van der Waals surface area (Å²) in [6.07, 6.45) is 0.910. The SMILES string of the molecule is Cc1cc(C)c(-c2nc(C)sc2CCN)c(C)c1. The molecule has 0 aliphatic heterocycles. The Labute approximate surface area is 113 Å². The number of hydrogen-bond acceptors (Lipinski definition) is 3. The minimum absolute atomic E-state index is 0.679. The predicted molar refractivity (Wildman–Crippen MR) is 79.3 cm³/mol. The zero-order valence-corrected chi connectivity index (χ0v) is 12.3. The highest BCUT2D eigenvalue weighted by atomic mass is 32.1. The van der Waals surface area contributed by atoms with Gasteiger partial charge in [-0.1, -0.05) is 17.7 Å². The van der Waals surface area contributed by atoms with Crippen LogP contribution in [-0.4, -0.2) is 11.5 Å². The lowest BCUT2D eigenvalue weighted by Gasteiger charge is -2.11. The molecule has 0 saturated heterocycles. The van der Waals surface area contributed by atoms with E-state index in [9.17, 15) is 0 Å². The summed E-state index contributed by atoms with van der Waals surface area (Å²) in [5, 5.41) is 1.12. The minimum Gasteiger partial charge on any atom is -0.330 e. The molecule has 1 aromatic carbocycles. The van der Waals surface area contributed by atoms with Crippen LogP contribution in [0.2, 0.25) is 0 Å². The van der Waals surface area contributed by atoms with Gasteiger partial charge >= 0.3 is 0 Å². The molecule has 18 heavy (non-hydrogen) atoms. The van der Waals surface area contributed by atoms with Gasteiger partial charge < -0.3 is 5.73 Å². The Morgan fingerprint density at radius 2 is 1.72 bits per heavy atom. The second kappa shape index (κ2) is 5.21. The van der Waals surface area contributed by atoms with E-state index in [0.29, 0.717) is 6.54 Å². The average Bonchev–Trinajstić information content (AvgIpc) is 2.58. The molecule has 2 rings (SSSR count). The van der Waals surface area contributed by atoms with Crippen molar-refractivity contribution >= 4 is 11.3 Å². The summed E-state index contributed by atoms with van der Waals surface area (Å²) >= 11 is 1.76. The van der Waals surface area contributed by atoms with Crippen LogP contribution in [0.4, 0.5) is 0 Å². The summed E-state index contributed by atoms with van der Waals surface area (Å²) in [6, 6.07) is 4.45. The maximum Gasteiger partial charge on any atom is 0.0904 e. The molecule has 2 nitrogen and oxygen atoms in total. The Morgan fingerprint density at radius 3 is 2.28 bits per heavy atom. The van der Waals surface area contributed by atoms with Crippen LogP contribution in [0.15, 0.2) is 12.1 Å². The molecule has 0 atom stereocenters. The van der Waals surface area contributed by atoms with Gasteiger partial charge in [-0.15, -0.1) is 11.3 Å². The Bertz CT molecular complexity index is 547. The molecule has 2 N–H and O–H groups in total. The Kier molecular flexibility index (Phi) is 3.83. The highest BCUT2D eigenvalue weighted by Gasteiger charge is 2.15. The van der Waals surface area contributed by atoms with E-state index in [0.717, 1.165) is 17.1 Å². The van der Waals surface area contributed by atoms with Crippen LogP contribution in [0.5, 0.6) is 0 Å². The fraction of sp³-hybridized carbons (Fsp3) is 0.400. The van der Waals surface area contributed by atoms with Crippen LogP contribution in [-0.2, 0) is 6.42 Å². The quantitative estimate of drug-likeness (QED) is 0.916. The van der Waals surface area contributed by atoms with Gasteiger partial charge in [0.25, 0.3) is 0 Å². The fourth-order valence-corrected chi connectivity index (χ4v) is 3.48. The highest BCUT2D eigenvalue weighted by Crippen LogP contribution is 2.33. The van der Waals surface area contributed by atoms with E-state index < -0.39 is 0 Å². The van der Waals surface area contributed by atoms with Gasteiger partial charge in [0.05, 0.1) is 10.7 Å². The molecular weight excluding hydrogens is 240 g/mol. The Balaban J connectivity index is 2.61. The normalized spacial score (nSPS) is 10.9. The molecule has 2 aromatic rings. The minimum atomic E-state index is 0.679. The molecule has 0 aliphatic carbocycles. The van der Waals surface area contributed by atoms with E-state index in [1.54, 1.807) is 11.3 Å². The van der Waals surface area contributed by atoms with Crippen molar-refractivity contribution < 1.29 is 0 Å². The molecule has 0 unspecified atom stereocenters. The molecule has 96 valence electrons. The van der Waals surface area contributed by atoms with Crippen molar-refractivity contribution in [1.29, 1.82) is 0 Å². The summed E-state index contributed by atoms with van der Waals surface area (Å²) in [4.78, 5) is 6.02. The van der Waals surface area contributed by atoms with Crippen molar-refractivity contribution in [2.45, 2.75) is 34.1 Å². The molecule has 0 saturated carbocycles. The number of hydrogen-bond donors (Lipinski definition) is 1. The molecule has 3 heteroatoms. The Morgan fingerprint density at radius 1 is 1.11 bits per heavy atom. The fourth-order valence-electron chi connectivity index (χ4n) is 2.52. The smallest absolute Gasteiger partial charge is 0.0904 e. The summed E-state index contributed by atoms with van der Waals surface area (Å²) in [5.74, 6) is 0. The van der Waals surface area contributed by atoms with Crippen molar-refractivity contribution in [2.75, 3.05) is 6.54 Å². The molecule has 1 aromatic heterocycles. The van der Waals surface area contributed by atoms with Gasteiger partial charge in [0.2, 0.25) is 0 Å². The van der Waals surface area contributed by atoms with Gasteiger partial charge in [-0.05, 0) is 51.8 Å². The van der Waals surface area contributed by atoms with Gasteiger partial charge in [-0.3, -0.25) is 0 Å². The van der Waals surface area contributed by atoms with Crippen LogP contribution < -0.4 is 5.73 Å². The van der Waals surface area contributed by atoms with Gasteiger partial charge in [0.1, 0.15) is 0 Å². The third kappa shape index (κ3) is 2.47. The molecule has 0 amide bonds. The van der Waals surface area contributed by atoms with Gasteiger partial charge in [0, 0.05) is 10.4 Å². The third-order valence-electron chi connectivity index (χ3n) is 3.09. The number of benzene rings is 1. The molecular formula is C15H20N2S. The van der Waals surface area contributed by atoms with E-state index in [-0.39, 0.29) is 0 Å². The summed E-state index contributed by atoms with van der Waals surface area (Å²) in [7, 11) is 0. The first-order chi connectivity index (χ1) is 8.52. The zero-order valence-electron chi connectivity index (χ0n) is 11.5. The van der Waals surface area contributed by atoms with E-state index >= 15 is 0 Å². The topological polar surface area (TPSA) is 38.9 Å². The number of aromatic nitrogens is 1. The molecule has 1 heterocycles. The maximum absolute atomic E-state index is 5.70. The van der Waals surface area contributed by atoms with Crippen molar-refractivity contribution in [3.05, 3.63) is 38.7 Å². The maximum atomic E-state index is 5.70. The summed E-state index contributed by atoms with van der Waals surface area (Å²) in [5.41, 5.74) is 12.0. The summed E-state index contributed by atoms with van der Waals surface area (Å²) in [6.45, 7) is 9.20. The monoisotopic (exact) mass is 260 g/mol. The zero-order chi connectivity index (χ0) is 13.3. The predicted octanol–water partition coefficient (Wildman–Crippen LogP) is 3.54. The number of aryl methyl sites for hydroxylation is 4. The van der Waals surface area contributed by atoms with Crippen LogP contribution in [0.3, 0.4) is 0 Å². The molecule has 0 aliphatic rings. The van der Waals surface area contributed by atoms with Crippen molar-refractivity contribution in [3.8, 4) is 11.3 Å². The van der Waals surface area contributed by atoms with E-state index in [1.165, 1.54) is 27.1 Å². The number of rotatable bonds is 3. The van der Waals surface area contributed by atoms with Crippen molar-refractivity contribution in [3.63, 3.8) is 0 Å². The standard InChI is InChI=1S/C15H20N2S/c1-9-7-10(2)14(11(3)8-9)15-13(5-6-16)18-12(4)17-15/h7-8H,5-6,16H2,1-4H3. The van der Waals surface area contributed by atoms with Crippen LogP contribution >= 0.6 is 11.3 Å².